The van der Waals surface area contributed by atoms with E-state index in [1.54, 1.807) is 25.6 Å². The standard InChI is InChI=1S/C18H16FN5O/c1-23-10-15(20-11-23)17-18(21-13-5-3-4-12(19)8-13)24-7-6-14(25-2)9-16(24)22-17/h3-11,21H,1-2H3. The van der Waals surface area contributed by atoms with Gasteiger partial charge in [-0.3, -0.25) is 4.40 Å². The van der Waals surface area contributed by atoms with Crippen molar-refractivity contribution < 1.29 is 9.13 Å². The molecule has 0 saturated carbocycles. The van der Waals surface area contributed by atoms with Crippen LogP contribution in [0.2, 0.25) is 0 Å². The van der Waals surface area contributed by atoms with Crippen molar-refractivity contribution in [3.63, 3.8) is 0 Å². The Balaban J connectivity index is 1.89. The molecule has 1 aromatic carbocycles. The highest BCUT2D eigenvalue weighted by Gasteiger charge is 2.17. The normalized spacial score (nSPS) is 11.0. The zero-order valence-corrected chi connectivity index (χ0v) is 13.8. The van der Waals surface area contributed by atoms with Crippen LogP contribution in [-0.2, 0) is 7.05 Å². The maximum atomic E-state index is 13.5. The number of hydrogen-bond acceptors (Lipinski definition) is 4. The van der Waals surface area contributed by atoms with Gasteiger partial charge in [-0.25, -0.2) is 14.4 Å². The molecule has 4 aromatic rings. The predicted molar refractivity (Wildman–Crippen MR) is 93.6 cm³/mol. The van der Waals surface area contributed by atoms with Gasteiger partial charge in [0.2, 0.25) is 0 Å². The van der Waals surface area contributed by atoms with Crippen LogP contribution in [0.3, 0.4) is 0 Å². The summed E-state index contributed by atoms with van der Waals surface area (Å²) < 4.78 is 22.6. The summed E-state index contributed by atoms with van der Waals surface area (Å²) >= 11 is 0. The third-order valence-corrected chi connectivity index (χ3v) is 3.87. The van der Waals surface area contributed by atoms with Gasteiger partial charge in [-0.1, -0.05) is 6.07 Å². The molecule has 0 unspecified atom stereocenters. The molecule has 7 heteroatoms. The predicted octanol–water partition coefficient (Wildman–Crippen LogP) is 3.63. The molecule has 0 spiro atoms. The van der Waals surface area contributed by atoms with Crippen molar-refractivity contribution >= 4 is 17.2 Å². The van der Waals surface area contributed by atoms with Gasteiger partial charge in [0.05, 0.1) is 13.4 Å². The van der Waals surface area contributed by atoms with Crippen LogP contribution >= 0.6 is 0 Å². The Morgan fingerprint density at radius 1 is 1.20 bits per heavy atom. The molecule has 4 rings (SSSR count). The lowest BCUT2D eigenvalue weighted by atomic mass is 10.3. The molecule has 0 atom stereocenters. The number of nitrogens with one attached hydrogen (secondary N) is 1. The van der Waals surface area contributed by atoms with E-state index < -0.39 is 0 Å². The minimum atomic E-state index is -0.306. The Morgan fingerprint density at radius 2 is 2.08 bits per heavy atom. The molecule has 25 heavy (non-hydrogen) atoms. The second-order valence-corrected chi connectivity index (χ2v) is 5.66. The molecule has 0 amide bonds. The van der Waals surface area contributed by atoms with Gasteiger partial charge in [0.25, 0.3) is 0 Å². The SMILES string of the molecule is COc1ccn2c(Nc3cccc(F)c3)c(-c3cn(C)cn3)nc2c1. The van der Waals surface area contributed by atoms with Crippen LogP contribution in [0.25, 0.3) is 17.0 Å². The van der Waals surface area contributed by atoms with E-state index in [1.165, 1.54) is 12.1 Å². The average molecular weight is 337 g/mol. The van der Waals surface area contributed by atoms with Crippen LogP contribution in [0.5, 0.6) is 5.75 Å². The van der Waals surface area contributed by atoms with Gasteiger partial charge in [-0.2, -0.15) is 0 Å². The molecule has 126 valence electrons. The first-order valence-electron chi connectivity index (χ1n) is 7.71. The number of anilines is 2. The molecule has 0 fully saturated rings. The monoisotopic (exact) mass is 337 g/mol. The zero-order valence-electron chi connectivity index (χ0n) is 13.8. The highest BCUT2D eigenvalue weighted by atomic mass is 19.1. The first kappa shape index (κ1) is 15.2. The molecule has 0 aliphatic rings. The van der Waals surface area contributed by atoms with E-state index in [2.05, 4.69) is 15.3 Å². The van der Waals surface area contributed by atoms with Crippen LogP contribution in [0.1, 0.15) is 0 Å². The fraction of sp³-hybridized carbons (Fsp3) is 0.111. The van der Waals surface area contributed by atoms with Crippen molar-refractivity contribution in [1.82, 2.24) is 18.9 Å². The third-order valence-electron chi connectivity index (χ3n) is 3.87. The summed E-state index contributed by atoms with van der Waals surface area (Å²) in [7, 11) is 3.51. The molecule has 0 aliphatic heterocycles. The molecule has 0 aliphatic carbocycles. The number of imidazole rings is 2. The summed E-state index contributed by atoms with van der Waals surface area (Å²) in [6.07, 6.45) is 5.46. The Labute approximate surface area is 143 Å². The number of aromatic nitrogens is 4. The highest BCUT2D eigenvalue weighted by molar-refractivity contribution is 5.78. The van der Waals surface area contributed by atoms with E-state index in [1.807, 2.05) is 40.5 Å². The van der Waals surface area contributed by atoms with Crippen molar-refractivity contribution in [2.24, 2.45) is 7.05 Å². The summed E-state index contributed by atoms with van der Waals surface area (Å²) in [5.74, 6) is 1.12. The fourth-order valence-electron chi connectivity index (χ4n) is 2.69. The molecule has 0 bridgehead atoms. The van der Waals surface area contributed by atoms with Crippen molar-refractivity contribution in [2.75, 3.05) is 12.4 Å². The smallest absolute Gasteiger partial charge is 0.144 e. The van der Waals surface area contributed by atoms with Gasteiger partial charge in [-0.15, -0.1) is 0 Å². The summed E-state index contributed by atoms with van der Waals surface area (Å²) in [5, 5.41) is 3.25. The molecule has 6 nitrogen and oxygen atoms in total. The van der Waals surface area contributed by atoms with Crippen molar-refractivity contribution in [1.29, 1.82) is 0 Å². The summed E-state index contributed by atoms with van der Waals surface area (Å²) in [6, 6.07) is 9.98. The first-order valence-corrected chi connectivity index (χ1v) is 7.71. The van der Waals surface area contributed by atoms with E-state index in [9.17, 15) is 4.39 Å². The molecule has 3 heterocycles. The first-order chi connectivity index (χ1) is 12.1. The Hall–Kier alpha value is -3.35. The lowest BCUT2D eigenvalue weighted by molar-refractivity contribution is 0.414. The number of rotatable bonds is 4. The minimum absolute atomic E-state index is 0.306. The second-order valence-electron chi connectivity index (χ2n) is 5.66. The highest BCUT2D eigenvalue weighted by Crippen LogP contribution is 2.31. The molecule has 0 radical (unpaired) electrons. The number of aryl methyl sites for hydroxylation is 1. The number of methoxy groups -OCH3 is 1. The van der Waals surface area contributed by atoms with E-state index in [0.717, 1.165) is 5.69 Å². The van der Waals surface area contributed by atoms with Crippen molar-refractivity contribution in [3.8, 4) is 17.1 Å². The van der Waals surface area contributed by atoms with Crippen LogP contribution in [0.15, 0.2) is 55.1 Å². The molecular weight excluding hydrogens is 321 g/mol. The maximum absolute atomic E-state index is 13.5. The minimum Gasteiger partial charge on any atom is -0.497 e. The maximum Gasteiger partial charge on any atom is 0.144 e. The van der Waals surface area contributed by atoms with Gasteiger partial charge in [-0.05, 0) is 24.3 Å². The number of nitrogens with zero attached hydrogens (tertiary/aromatic N) is 4. The Kier molecular flexibility index (Phi) is 3.61. The zero-order chi connectivity index (χ0) is 17.4. The molecule has 3 aromatic heterocycles. The number of pyridine rings is 1. The Bertz CT molecular complexity index is 1050. The van der Waals surface area contributed by atoms with Crippen LogP contribution in [-0.4, -0.2) is 26.0 Å². The second kappa shape index (κ2) is 5.94. The summed E-state index contributed by atoms with van der Waals surface area (Å²) in [6.45, 7) is 0. The Morgan fingerprint density at radius 3 is 2.80 bits per heavy atom. The fourth-order valence-corrected chi connectivity index (χ4v) is 2.69. The summed E-state index contributed by atoms with van der Waals surface area (Å²) in [4.78, 5) is 9.06. The van der Waals surface area contributed by atoms with E-state index in [4.69, 9.17) is 4.74 Å². The quantitative estimate of drug-likeness (QED) is 0.618. The number of halogens is 1. The number of ether oxygens (including phenoxy) is 1. The van der Waals surface area contributed by atoms with Crippen LogP contribution in [0, 0.1) is 5.82 Å². The van der Waals surface area contributed by atoms with Crippen molar-refractivity contribution in [2.45, 2.75) is 0 Å². The lowest BCUT2D eigenvalue weighted by Gasteiger charge is -2.08. The largest absolute Gasteiger partial charge is 0.497 e. The van der Waals surface area contributed by atoms with E-state index in [-0.39, 0.29) is 5.82 Å². The van der Waals surface area contributed by atoms with Gasteiger partial charge < -0.3 is 14.6 Å². The van der Waals surface area contributed by atoms with Crippen LogP contribution < -0.4 is 10.1 Å². The molecular formula is C18H16FN5O. The van der Waals surface area contributed by atoms with Gasteiger partial charge in [0.15, 0.2) is 0 Å². The van der Waals surface area contributed by atoms with Gasteiger partial charge in [0, 0.05) is 31.2 Å². The number of benzene rings is 1. The van der Waals surface area contributed by atoms with E-state index in [0.29, 0.717) is 28.6 Å². The molecule has 0 saturated heterocycles. The molecule has 1 N–H and O–H groups in total. The lowest BCUT2D eigenvalue weighted by Crippen LogP contribution is -1.97. The van der Waals surface area contributed by atoms with E-state index >= 15 is 0 Å². The van der Waals surface area contributed by atoms with Gasteiger partial charge >= 0.3 is 0 Å². The third kappa shape index (κ3) is 2.80. The van der Waals surface area contributed by atoms with Crippen molar-refractivity contribution in [3.05, 3.63) is 60.9 Å². The summed E-state index contributed by atoms with van der Waals surface area (Å²) in [5.41, 5.74) is 2.75. The van der Waals surface area contributed by atoms with Gasteiger partial charge in [0.1, 0.15) is 34.4 Å². The topological polar surface area (TPSA) is 56.4 Å². The average Bonchev–Trinajstić information content (AvgIpc) is 3.18. The van der Waals surface area contributed by atoms with Crippen LogP contribution in [0.4, 0.5) is 15.9 Å². The number of fused-ring (bicyclic) bond motifs is 1. The number of hydrogen-bond donors (Lipinski definition) is 1.